The van der Waals surface area contributed by atoms with Crippen LogP contribution in [0.3, 0.4) is 0 Å². The van der Waals surface area contributed by atoms with Gasteiger partial charge in [0.25, 0.3) is 0 Å². The number of hydrogen-bond acceptors (Lipinski definition) is 4. The molecule has 2 aromatic rings. The summed E-state index contributed by atoms with van der Waals surface area (Å²) in [5.41, 5.74) is 0.978. The molecule has 1 atom stereocenters. The fraction of sp³-hybridized carbons (Fsp3) is 0.238. The Balaban J connectivity index is 1.81. The Labute approximate surface area is 150 Å². The van der Waals surface area contributed by atoms with Gasteiger partial charge in [-0.1, -0.05) is 30.3 Å². The lowest BCUT2D eigenvalue weighted by Crippen LogP contribution is -2.45. The summed E-state index contributed by atoms with van der Waals surface area (Å²) in [7, 11) is 0. The highest BCUT2D eigenvalue weighted by Gasteiger charge is 2.45. The molecule has 4 nitrogen and oxygen atoms in total. The summed E-state index contributed by atoms with van der Waals surface area (Å²) in [6.45, 7) is 3.74. The van der Waals surface area contributed by atoms with Gasteiger partial charge in [-0.05, 0) is 32.0 Å². The van der Waals surface area contributed by atoms with Crippen molar-refractivity contribution in [1.82, 2.24) is 0 Å². The second kappa shape index (κ2) is 5.80. The molecular formula is C21H18FNO3. The second-order valence-electron chi connectivity index (χ2n) is 7.22. The Hall–Kier alpha value is -2.95. The molecule has 0 saturated heterocycles. The maximum absolute atomic E-state index is 13.5. The van der Waals surface area contributed by atoms with Crippen molar-refractivity contribution in [3.63, 3.8) is 0 Å². The number of ether oxygens (including phenoxy) is 1. The van der Waals surface area contributed by atoms with Crippen molar-refractivity contribution < 1.29 is 18.7 Å². The van der Waals surface area contributed by atoms with Crippen molar-refractivity contribution in [3.05, 3.63) is 76.8 Å². The number of carbonyl (C=O) groups excluding carboxylic acids is 2. The van der Waals surface area contributed by atoms with Gasteiger partial charge in [0.05, 0.1) is 11.6 Å². The smallest absolute Gasteiger partial charge is 0.228 e. The summed E-state index contributed by atoms with van der Waals surface area (Å²) >= 11 is 0. The number of carbonyl (C=O) groups is 2. The highest BCUT2D eigenvalue weighted by atomic mass is 19.1. The van der Waals surface area contributed by atoms with Crippen LogP contribution in [0.25, 0.3) is 0 Å². The van der Waals surface area contributed by atoms with Crippen molar-refractivity contribution in [2.75, 3.05) is 5.32 Å². The molecule has 1 heterocycles. The first kappa shape index (κ1) is 16.5. The lowest BCUT2D eigenvalue weighted by molar-refractivity contribution is 0.00750. The van der Waals surface area contributed by atoms with Crippen LogP contribution in [-0.4, -0.2) is 23.2 Å². The summed E-state index contributed by atoms with van der Waals surface area (Å²) in [6.07, 6.45) is 0.476. The molecule has 0 radical (unpaired) electrons. The van der Waals surface area contributed by atoms with Crippen molar-refractivity contribution in [2.45, 2.75) is 31.9 Å². The SMILES string of the molecule is CC1(C)CC(Nc2cccc(F)c2)C2=C(O1)C(=O)c1ccccc1C2=O. The molecule has 132 valence electrons. The van der Waals surface area contributed by atoms with E-state index in [1.165, 1.54) is 12.1 Å². The van der Waals surface area contributed by atoms with Crippen LogP contribution >= 0.6 is 0 Å². The molecule has 1 unspecified atom stereocenters. The van der Waals surface area contributed by atoms with Crippen LogP contribution in [0.5, 0.6) is 0 Å². The lowest BCUT2D eigenvalue weighted by atomic mass is 9.79. The highest BCUT2D eigenvalue weighted by Crippen LogP contribution is 2.39. The number of nitrogens with one attached hydrogen (secondary N) is 1. The first-order chi connectivity index (χ1) is 12.4. The quantitative estimate of drug-likeness (QED) is 0.884. The number of halogens is 1. The van der Waals surface area contributed by atoms with E-state index in [1.807, 2.05) is 13.8 Å². The third kappa shape index (κ3) is 2.69. The molecule has 2 aromatic carbocycles. The zero-order valence-corrected chi connectivity index (χ0v) is 14.5. The van der Waals surface area contributed by atoms with Crippen LogP contribution in [0.1, 0.15) is 41.0 Å². The predicted octanol–water partition coefficient (Wildman–Crippen LogP) is 4.14. The summed E-state index contributed by atoms with van der Waals surface area (Å²) in [4.78, 5) is 26.0. The first-order valence-corrected chi connectivity index (χ1v) is 8.49. The predicted molar refractivity (Wildman–Crippen MR) is 95.7 cm³/mol. The topological polar surface area (TPSA) is 55.4 Å². The third-order valence-corrected chi connectivity index (χ3v) is 4.70. The fourth-order valence-corrected chi connectivity index (χ4v) is 3.60. The number of Topliss-reactive ketones (excluding diaryl/α,β-unsaturated/α-hetero) is 2. The molecule has 1 aliphatic carbocycles. The van der Waals surface area contributed by atoms with Crippen LogP contribution in [0, 0.1) is 5.82 Å². The molecule has 0 spiro atoms. The molecule has 4 rings (SSSR count). The van der Waals surface area contributed by atoms with Crippen molar-refractivity contribution >= 4 is 17.3 Å². The van der Waals surface area contributed by atoms with Crippen molar-refractivity contribution in [1.29, 1.82) is 0 Å². The first-order valence-electron chi connectivity index (χ1n) is 8.49. The van der Waals surface area contributed by atoms with Crippen LogP contribution in [0.15, 0.2) is 59.9 Å². The summed E-state index contributed by atoms with van der Waals surface area (Å²) in [5.74, 6) is -0.778. The van der Waals surface area contributed by atoms with Gasteiger partial charge in [-0.25, -0.2) is 4.39 Å². The number of benzene rings is 2. The van der Waals surface area contributed by atoms with Crippen molar-refractivity contribution in [3.8, 4) is 0 Å². The lowest BCUT2D eigenvalue weighted by Gasteiger charge is -2.40. The van der Waals surface area contributed by atoms with Crippen LogP contribution < -0.4 is 5.32 Å². The number of allylic oxidation sites excluding steroid dienone is 1. The Morgan fingerprint density at radius 1 is 1.04 bits per heavy atom. The average Bonchev–Trinajstić information content (AvgIpc) is 2.58. The van der Waals surface area contributed by atoms with E-state index in [0.717, 1.165) is 0 Å². The Kier molecular flexibility index (Phi) is 3.68. The fourth-order valence-electron chi connectivity index (χ4n) is 3.60. The van der Waals surface area contributed by atoms with E-state index in [4.69, 9.17) is 4.74 Å². The largest absolute Gasteiger partial charge is 0.483 e. The van der Waals surface area contributed by atoms with Gasteiger partial charge >= 0.3 is 0 Å². The van der Waals surface area contributed by atoms with E-state index in [1.54, 1.807) is 36.4 Å². The zero-order chi connectivity index (χ0) is 18.5. The minimum absolute atomic E-state index is 0.0962. The van der Waals surface area contributed by atoms with Gasteiger partial charge < -0.3 is 10.1 Å². The van der Waals surface area contributed by atoms with Gasteiger partial charge in [0.15, 0.2) is 11.5 Å². The standard InChI is InChI=1S/C21H18FNO3/c1-21(2)11-16(23-13-7-5-6-12(22)10-13)17-18(24)14-8-3-4-9-15(14)19(25)20(17)26-21/h3-10,16,23H,11H2,1-2H3. The van der Waals surface area contributed by atoms with Gasteiger partial charge in [0.2, 0.25) is 5.78 Å². The molecule has 0 aromatic heterocycles. The molecule has 5 heteroatoms. The Morgan fingerprint density at radius 3 is 2.42 bits per heavy atom. The molecule has 0 fully saturated rings. The van der Waals surface area contributed by atoms with Gasteiger partial charge in [-0.2, -0.15) is 0 Å². The zero-order valence-electron chi connectivity index (χ0n) is 14.5. The molecule has 0 saturated carbocycles. The van der Waals surface area contributed by atoms with Gasteiger partial charge in [0, 0.05) is 23.2 Å². The molecule has 2 aliphatic rings. The summed E-state index contributed by atoms with van der Waals surface area (Å²) in [5, 5.41) is 3.21. The van der Waals surface area contributed by atoms with Crippen molar-refractivity contribution in [2.24, 2.45) is 0 Å². The molecule has 1 aliphatic heterocycles. The molecule has 0 amide bonds. The molecule has 1 N–H and O–H groups in total. The normalized spacial score (nSPS) is 21.0. The van der Waals surface area contributed by atoms with E-state index in [0.29, 0.717) is 28.8 Å². The minimum atomic E-state index is -0.633. The Morgan fingerprint density at radius 2 is 1.73 bits per heavy atom. The number of anilines is 1. The maximum Gasteiger partial charge on any atom is 0.228 e. The van der Waals surface area contributed by atoms with E-state index in [9.17, 15) is 14.0 Å². The maximum atomic E-state index is 13.5. The number of hydrogen-bond donors (Lipinski definition) is 1. The second-order valence-corrected chi connectivity index (χ2v) is 7.22. The van der Waals surface area contributed by atoms with E-state index >= 15 is 0 Å². The summed E-state index contributed by atoms with van der Waals surface area (Å²) < 4.78 is 19.4. The van der Waals surface area contributed by atoms with Crippen LogP contribution in [0.2, 0.25) is 0 Å². The van der Waals surface area contributed by atoms with Gasteiger partial charge in [-0.3, -0.25) is 9.59 Å². The van der Waals surface area contributed by atoms with E-state index < -0.39 is 11.6 Å². The Bertz CT molecular complexity index is 961. The van der Waals surface area contributed by atoms with Crippen LogP contribution in [-0.2, 0) is 4.74 Å². The van der Waals surface area contributed by atoms with Crippen LogP contribution in [0.4, 0.5) is 10.1 Å². The number of ketones is 2. The van der Waals surface area contributed by atoms with E-state index in [-0.39, 0.29) is 23.1 Å². The van der Waals surface area contributed by atoms with E-state index in [2.05, 4.69) is 5.32 Å². The van der Waals surface area contributed by atoms with Gasteiger partial charge in [0.1, 0.15) is 11.4 Å². The molecular weight excluding hydrogens is 333 g/mol. The molecule has 0 bridgehead atoms. The average molecular weight is 351 g/mol. The highest BCUT2D eigenvalue weighted by molar-refractivity contribution is 6.26. The summed E-state index contributed by atoms with van der Waals surface area (Å²) in [6, 6.07) is 12.4. The molecule has 26 heavy (non-hydrogen) atoms. The number of fused-ring (bicyclic) bond motifs is 1. The minimum Gasteiger partial charge on any atom is -0.483 e. The number of rotatable bonds is 2. The van der Waals surface area contributed by atoms with Gasteiger partial charge in [-0.15, -0.1) is 0 Å². The third-order valence-electron chi connectivity index (χ3n) is 4.70. The monoisotopic (exact) mass is 351 g/mol.